The first-order valence-corrected chi connectivity index (χ1v) is 5.39. The Balaban J connectivity index is 4.01. The lowest BCUT2D eigenvalue weighted by atomic mass is 9.94. The second kappa shape index (κ2) is 6.56. The molecule has 88 valence electrons. The van der Waals surface area contributed by atoms with Crippen molar-refractivity contribution in [1.82, 2.24) is 5.32 Å². The molecule has 0 aromatic carbocycles. The topological polar surface area (TPSA) is 73.2 Å². The molecule has 0 saturated carbocycles. The van der Waals surface area contributed by atoms with Crippen molar-refractivity contribution in [3.05, 3.63) is 0 Å². The highest BCUT2D eigenvalue weighted by Crippen LogP contribution is 2.09. The van der Waals surface area contributed by atoms with Crippen molar-refractivity contribution in [2.45, 2.75) is 52.6 Å². The lowest BCUT2D eigenvalue weighted by Crippen LogP contribution is -2.40. The monoisotopic (exact) mass is 214 g/mol. The van der Waals surface area contributed by atoms with E-state index in [1.54, 1.807) is 0 Å². The lowest BCUT2D eigenvalue weighted by molar-refractivity contribution is -0.136. The van der Waals surface area contributed by atoms with Crippen LogP contribution in [0.1, 0.15) is 40.5 Å². The summed E-state index contributed by atoms with van der Waals surface area (Å²) in [4.78, 5) is 10.4. The maximum atomic E-state index is 10.4. The van der Waals surface area contributed by atoms with Gasteiger partial charge in [-0.15, -0.1) is 0 Å². The molecule has 3 N–H and O–H groups in total. The zero-order valence-electron chi connectivity index (χ0n) is 10.0. The predicted molar refractivity (Wildman–Crippen MR) is 61.5 cm³/mol. The van der Waals surface area contributed by atoms with Crippen LogP contribution in [0.15, 0.2) is 0 Å². The Bertz CT molecular complexity index is 227. The summed E-state index contributed by atoms with van der Waals surface area (Å²) >= 11 is 0. The van der Waals surface area contributed by atoms with Crippen LogP contribution < -0.4 is 5.32 Å². The molecular formula is C11H22N2O2. The van der Waals surface area contributed by atoms with Crippen LogP contribution in [0.25, 0.3) is 0 Å². The van der Waals surface area contributed by atoms with Crippen LogP contribution in [-0.2, 0) is 4.79 Å². The number of carboxylic acids is 1. The van der Waals surface area contributed by atoms with Crippen molar-refractivity contribution in [3.63, 3.8) is 0 Å². The molecule has 0 aromatic heterocycles. The van der Waals surface area contributed by atoms with E-state index in [2.05, 4.69) is 19.2 Å². The van der Waals surface area contributed by atoms with E-state index in [0.29, 0.717) is 18.2 Å². The summed E-state index contributed by atoms with van der Waals surface area (Å²) in [5, 5.41) is 19.6. The molecular weight excluding hydrogens is 192 g/mol. The van der Waals surface area contributed by atoms with Crippen molar-refractivity contribution < 1.29 is 9.90 Å². The number of carboxylic acid groups (broad SMARTS) is 1. The molecule has 4 heteroatoms. The third kappa shape index (κ3) is 6.23. The molecule has 0 bridgehead atoms. The Labute approximate surface area is 91.6 Å². The van der Waals surface area contributed by atoms with Gasteiger partial charge in [0.15, 0.2) is 0 Å². The largest absolute Gasteiger partial charge is 0.481 e. The normalized spacial score (nSPS) is 15.0. The quantitative estimate of drug-likeness (QED) is 0.567. The standard InChI is InChI=1S/C11H22N2O2/c1-7(2)13-9(4)8(3)10(12)5-6-11(14)15/h7-9,12-13H,5-6H2,1-4H3,(H,14,15). The molecule has 0 aliphatic rings. The molecule has 0 fully saturated rings. The number of hydrogen-bond acceptors (Lipinski definition) is 3. The highest BCUT2D eigenvalue weighted by atomic mass is 16.4. The van der Waals surface area contributed by atoms with Crippen molar-refractivity contribution in [2.75, 3.05) is 0 Å². The Morgan fingerprint density at radius 3 is 2.20 bits per heavy atom. The van der Waals surface area contributed by atoms with Crippen LogP contribution in [0.5, 0.6) is 0 Å². The molecule has 0 heterocycles. The van der Waals surface area contributed by atoms with Gasteiger partial charge in [-0.1, -0.05) is 20.8 Å². The SMILES string of the molecule is CC(C)NC(C)C(C)C(=N)CCC(=O)O. The van der Waals surface area contributed by atoms with Gasteiger partial charge in [0.25, 0.3) is 0 Å². The molecule has 0 saturated heterocycles. The molecule has 0 amide bonds. The van der Waals surface area contributed by atoms with Crippen LogP contribution in [0.4, 0.5) is 0 Å². The Morgan fingerprint density at radius 1 is 1.27 bits per heavy atom. The van der Waals surface area contributed by atoms with Gasteiger partial charge in [-0.2, -0.15) is 0 Å². The van der Waals surface area contributed by atoms with Crippen molar-refractivity contribution in [3.8, 4) is 0 Å². The zero-order chi connectivity index (χ0) is 12.0. The molecule has 2 unspecified atom stereocenters. The molecule has 15 heavy (non-hydrogen) atoms. The number of hydrogen-bond donors (Lipinski definition) is 3. The van der Waals surface area contributed by atoms with Crippen LogP contribution >= 0.6 is 0 Å². The highest BCUT2D eigenvalue weighted by Gasteiger charge is 2.17. The van der Waals surface area contributed by atoms with Gasteiger partial charge in [-0.05, 0) is 13.3 Å². The molecule has 0 aliphatic heterocycles. The summed E-state index contributed by atoms with van der Waals surface area (Å²) in [6.07, 6.45) is 0.401. The summed E-state index contributed by atoms with van der Waals surface area (Å²) in [6.45, 7) is 8.11. The van der Waals surface area contributed by atoms with Crippen LogP contribution in [-0.4, -0.2) is 28.9 Å². The Hall–Kier alpha value is -0.900. The Kier molecular flexibility index (Phi) is 6.17. The molecule has 0 spiro atoms. The fraction of sp³-hybridized carbons (Fsp3) is 0.818. The van der Waals surface area contributed by atoms with Gasteiger partial charge in [0.05, 0.1) is 6.42 Å². The third-order valence-electron chi connectivity index (χ3n) is 2.50. The smallest absolute Gasteiger partial charge is 0.303 e. The zero-order valence-corrected chi connectivity index (χ0v) is 10.0. The van der Waals surface area contributed by atoms with Crippen molar-refractivity contribution >= 4 is 11.7 Å². The second-order valence-electron chi connectivity index (χ2n) is 4.32. The fourth-order valence-corrected chi connectivity index (χ4v) is 1.44. The minimum Gasteiger partial charge on any atom is -0.481 e. The van der Waals surface area contributed by atoms with E-state index in [1.807, 2.05) is 13.8 Å². The van der Waals surface area contributed by atoms with Crippen LogP contribution in [0.3, 0.4) is 0 Å². The molecule has 0 rings (SSSR count). The molecule has 0 aromatic rings. The van der Waals surface area contributed by atoms with E-state index in [0.717, 1.165) is 0 Å². The van der Waals surface area contributed by atoms with E-state index >= 15 is 0 Å². The van der Waals surface area contributed by atoms with Gasteiger partial charge in [-0.25, -0.2) is 0 Å². The summed E-state index contributed by atoms with van der Waals surface area (Å²) in [6, 6.07) is 0.598. The van der Waals surface area contributed by atoms with Crippen molar-refractivity contribution in [1.29, 1.82) is 5.41 Å². The van der Waals surface area contributed by atoms with Gasteiger partial charge >= 0.3 is 5.97 Å². The first-order chi connectivity index (χ1) is 6.84. The first kappa shape index (κ1) is 14.1. The lowest BCUT2D eigenvalue weighted by Gasteiger charge is -2.24. The average Bonchev–Trinajstić information content (AvgIpc) is 2.11. The molecule has 0 radical (unpaired) electrons. The minimum absolute atomic E-state index is 0.0531. The van der Waals surface area contributed by atoms with Crippen molar-refractivity contribution in [2.24, 2.45) is 5.92 Å². The number of rotatable bonds is 7. The van der Waals surface area contributed by atoms with Crippen LogP contribution in [0, 0.1) is 11.3 Å². The van der Waals surface area contributed by atoms with E-state index in [4.69, 9.17) is 10.5 Å². The van der Waals surface area contributed by atoms with Gasteiger partial charge in [0.1, 0.15) is 0 Å². The summed E-state index contributed by atoms with van der Waals surface area (Å²) in [5.74, 6) is -0.747. The summed E-state index contributed by atoms with van der Waals surface area (Å²) < 4.78 is 0. The first-order valence-electron chi connectivity index (χ1n) is 5.39. The molecule has 0 aliphatic carbocycles. The molecule has 4 nitrogen and oxygen atoms in total. The maximum Gasteiger partial charge on any atom is 0.303 e. The molecule has 2 atom stereocenters. The second-order valence-corrected chi connectivity index (χ2v) is 4.32. The number of aliphatic carboxylic acids is 1. The average molecular weight is 214 g/mol. The third-order valence-corrected chi connectivity index (χ3v) is 2.50. The van der Waals surface area contributed by atoms with Gasteiger partial charge < -0.3 is 15.8 Å². The Morgan fingerprint density at radius 2 is 1.80 bits per heavy atom. The van der Waals surface area contributed by atoms with Gasteiger partial charge in [0, 0.05) is 23.7 Å². The summed E-state index contributed by atoms with van der Waals surface area (Å²) in [7, 11) is 0. The van der Waals surface area contributed by atoms with E-state index < -0.39 is 5.97 Å². The van der Waals surface area contributed by atoms with Gasteiger partial charge in [0.2, 0.25) is 0 Å². The number of carbonyl (C=O) groups is 1. The minimum atomic E-state index is -0.837. The van der Waals surface area contributed by atoms with E-state index in [9.17, 15) is 4.79 Å². The maximum absolute atomic E-state index is 10.4. The van der Waals surface area contributed by atoms with Gasteiger partial charge in [-0.3, -0.25) is 4.79 Å². The number of nitrogens with one attached hydrogen (secondary N) is 2. The highest BCUT2D eigenvalue weighted by molar-refractivity contribution is 5.86. The summed E-state index contributed by atoms with van der Waals surface area (Å²) in [5.41, 5.74) is 0.512. The van der Waals surface area contributed by atoms with E-state index in [-0.39, 0.29) is 18.4 Å². The van der Waals surface area contributed by atoms with Crippen LogP contribution in [0.2, 0.25) is 0 Å². The predicted octanol–water partition coefficient (Wildman–Crippen LogP) is 1.89. The fourth-order valence-electron chi connectivity index (χ4n) is 1.44. The van der Waals surface area contributed by atoms with E-state index in [1.165, 1.54) is 0 Å².